The SMILES string of the molecule is C=CCN(Cc1ccccc1Cl)C(=O)c1cc2sccc2n1Cc1cccc(F)c1. The van der Waals surface area contributed by atoms with Crippen molar-refractivity contribution in [3.63, 3.8) is 0 Å². The Hall–Kier alpha value is -2.89. The number of benzene rings is 2. The number of halogens is 2. The van der Waals surface area contributed by atoms with Crippen molar-refractivity contribution >= 4 is 39.1 Å². The van der Waals surface area contributed by atoms with Crippen LogP contribution < -0.4 is 0 Å². The molecule has 2 aromatic carbocycles. The van der Waals surface area contributed by atoms with Crippen molar-refractivity contribution in [2.45, 2.75) is 13.1 Å². The van der Waals surface area contributed by atoms with E-state index in [0.717, 1.165) is 21.3 Å². The summed E-state index contributed by atoms with van der Waals surface area (Å²) in [6.07, 6.45) is 1.71. The number of hydrogen-bond acceptors (Lipinski definition) is 2. The van der Waals surface area contributed by atoms with Crippen LogP contribution in [-0.4, -0.2) is 21.9 Å². The van der Waals surface area contributed by atoms with Crippen LogP contribution in [0.25, 0.3) is 10.2 Å². The van der Waals surface area contributed by atoms with Crippen molar-refractivity contribution in [2.24, 2.45) is 0 Å². The summed E-state index contributed by atoms with van der Waals surface area (Å²) < 4.78 is 16.7. The first-order valence-electron chi connectivity index (χ1n) is 9.51. The number of nitrogens with zero attached hydrogens (tertiary/aromatic N) is 2. The molecule has 0 N–H and O–H groups in total. The van der Waals surface area contributed by atoms with Gasteiger partial charge in [-0.3, -0.25) is 4.79 Å². The second kappa shape index (κ2) is 8.86. The summed E-state index contributed by atoms with van der Waals surface area (Å²) in [5, 5.41) is 2.61. The van der Waals surface area contributed by atoms with Crippen LogP contribution in [0.15, 0.2) is 78.7 Å². The van der Waals surface area contributed by atoms with E-state index in [0.29, 0.717) is 30.4 Å². The summed E-state index contributed by atoms with van der Waals surface area (Å²) in [7, 11) is 0. The van der Waals surface area contributed by atoms with Crippen LogP contribution >= 0.6 is 22.9 Å². The highest BCUT2D eigenvalue weighted by atomic mass is 35.5. The quantitative estimate of drug-likeness (QED) is 0.308. The molecule has 6 heteroatoms. The topological polar surface area (TPSA) is 25.2 Å². The number of rotatable bonds is 7. The van der Waals surface area contributed by atoms with Crippen molar-refractivity contribution in [3.05, 3.63) is 106 Å². The predicted octanol–water partition coefficient (Wildman–Crippen LogP) is 6.37. The first-order chi connectivity index (χ1) is 14.6. The Bertz CT molecular complexity index is 1210. The number of fused-ring (bicyclic) bond motifs is 1. The maximum atomic E-state index is 13.7. The van der Waals surface area contributed by atoms with Gasteiger partial charge in [0.2, 0.25) is 0 Å². The zero-order valence-corrected chi connectivity index (χ0v) is 17.8. The Balaban J connectivity index is 1.71. The fourth-order valence-corrected chi connectivity index (χ4v) is 4.53. The highest BCUT2D eigenvalue weighted by Crippen LogP contribution is 2.28. The largest absolute Gasteiger partial charge is 0.331 e. The van der Waals surface area contributed by atoms with Gasteiger partial charge in [-0.25, -0.2) is 4.39 Å². The molecule has 30 heavy (non-hydrogen) atoms. The van der Waals surface area contributed by atoms with E-state index in [9.17, 15) is 9.18 Å². The molecule has 0 saturated carbocycles. The highest BCUT2D eigenvalue weighted by Gasteiger charge is 2.22. The fraction of sp³-hybridized carbons (Fsp3) is 0.125. The average Bonchev–Trinajstić information content (AvgIpc) is 3.31. The molecule has 0 radical (unpaired) electrons. The summed E-state index contributed by atoms with van der Waals surface area (Å²) in [6.45, 7) is 4.98. The highest BCUT2D eigenvalue weighted by molar-refractivity contribution is 7.17. The van der Waals surface area contributed by atoms with Crippen LogP contribution in [0.3, 0.4) is 0 Å². The van der Waals surface area contributed by atoms with Crippen molar-refractivity contribution in [1.29, 1.82) is 0 Å². The smallest absolute Gasteiger partial charge is 0.271 e. The molecule has 0 fully saturated rings. The molecule has 0 spiro atoms. The van der Waals surface area contributed by atoms with Crippen LogP contribution in [0.4, 0.5) is 4.39 Å². The van der Waals surface area contributed by atoms with Crippen LogP contribution in [0.2, 0.25) is 5.02 Å². The number of aromatic nitrogens is 1. The van der Waals surface area contributed by atoms with Crippen molar-refractivity contribution in [3.8, 4) is 0 Å². The van der Waals surface area contributed by atoms with E-state index in [1.165, 1.54) is 12.1 Å². The lowest BCUT2D eigenvalue weighted by Crippen LogP contribution is -2.32. The molecular formula is C24H20ClFN2OS. The van der Waals surface area contributed by atoms with E-state index in [2.05, 4.69) is 6.58 Å². The van der Waals surface area contributed by atoms with Crippen LogP contribution in [0, 0.1) is 5.82 Å². The van der Waals surface area contributed by atoms with Crippen LogP contribution in [0.1, 0.15) is 21.6 Å². The van der Waals surface area contributed by atoms with Gasteiger partial charge in [-0.1, -0.05) is 48.0 Å². The predicted molar refractivity (Wildman–Crippen MR) is 122 cm³/mol. The molecule has 1 amide bonds. The molecule has 152 valence electrons. The van der Waals surface area contributed by atoms with Gasteiger partial charge in [0.1, 0.15) is 11.5 Å². The maximum Gasteiger partial charge on any atom is 0.271 e. The minimum atomic E-state index is -0.291. The molecule has 0 aliphatic carbocycles. The zero-order chi connectivity index (χ0) is 21.1. The second-order valence-electron chi connectivity index (χ2n) is 6.98. The molecule has 0 bridgehead atoms. The number of thiophene rings is 1. The molecule has 0 aliphatic heterocycles. The van der Waals surface area contributed by atoms with Crippen molar-refractivity contribution < 1.29 is 9.18 Å². The zero-order valence-electron chi connectivity index (χ0n) is 16.2. The summed E-state index contributed by atoms with van der Waals surface area (Å²) in [6, 6.07) is 17.9. The molecule has 2 aromatic heterocycles. The fourth-order valence-electron chi connectivity index (χ4n) is 3.51. The van der Waals surface area contributed by atoms with Gasteiger partial charge in [0.05, 0.1) is 10.2 Å². The van der Waals surface area contributed by atoms with Crippen LogP contribution in [-0.2, 0) is 13.1 Å². The third kappa shape index (κ3) is 4.18. The lowest BCUT2D eigenvalue weighted by molar-refractivity contribution is 0.0753. The minimum absolute atomic E-state index is 0.116. The van der Waals surface area contributed by atoms with Crippen molar-refractivity contribution in [2.75, 3.05) is 6.54 Å². The Kier molecular flexibility index (Phi) is 6.02. The molecule has 2 heterocycles. The molecular weight excluding hydrogens is 419 g/mol. The van der Waals surface area contributed by atoms with Gasteiger partial charge in [-0.2, -0.15) is 0 Å². The van der Waals surface area contributed by atoms with Gasteiger partial charge < -0.3 is 9.47 Å². The summed E-state index contributed by atoms with van der Waals surface area (Å²) in [5.41, 5.74) is 3.20. The first kappa shape index (κ1) is 20.4. The van der Waals surface area contributed by atoms with E-state index in [1.807, 2.05) is 52.4 Å². The number of carbonyl (C=O) groups excluding carboxylic acids is 1. The van der Waals surface area contributed by atoms with E-state index < -0.39 is 0 Å². The van der Waals surface area contributed by atoms with Gasteiger partial charge in [0.25, 0.3) is 5.91 Å². The van der Waals surface area contributed by atoms with Crippen LogP contribution in [0.5, 0.6) is 0 Å². The summed E-state index contributed by atoms with van der Waals surface area (Å²) >= 11 is 7.89. The molecule has 0 aliphatic rings. The van der Waals surface area contributed by atoms with E-state index in [-0.39, 0.29) is 11.7 Å². The normalized spacial score (nSPS) is 11.0. The standard InChI is InChI=1S/C24H20ClFN2OS/c1-2-11-27(16-18-7-3-4-9-20(18)25)24(29)22-14-23-21(10-12-30-23)28(22)15-17-6-5-8-19(26)13-17/h2-10,12-14H,1,11,15-16H2. The minimum Gasteiger partial charge on any atom is -0.331 e. The van der Waals surface area contributed by atoms with Gasteiger partial charge >= 0.3 is 0 Å². The molecule has 4 aromatic rings. The summed E-state index contributed by atoms with van der Waals surface area (Å²) in [5.74, 6) is -0.407. The van der Waals surface area contributed by atoms with Gasteiger partial charge in [0.15, 0.2) is 0 Å². The summed E-state index contributed by atoms with van der Waals surface area (Å²) in [4.78, 5) is 15.3. The Labute approximate surface area is 183 Å². The molecule has 3 nitrogen and oxygen atoms in total. The first-order valence-corrected chi connectivity index (χ1v) is 10.8. The Morgan fingerprint density at radius 2 is 2.00 bits per heavy atom. The number of amides is 1. The van der Waals surface area contributed by atoms with Crippen molar-refractivity contribution in [1.82, 2.24) is 9.47 Å². The van der Waals surface area contributed by atoms with Gasteiger partial charge in [-0.05, 0) is 46.8 Å². The second-order valence-corrected chi connectivity index (χ2v) is 8.34. The number of carbonyl (C=O) groups is 1. The Morgan fingerprint density at radius 1 is 1.17 bits per heavy atom. The molecule has 0 unspecified atom stereocenters. The van der Waals surface area contributed by atoms with Gasteiger partial charge in [0, 0.05) is 24.7 Å². The Morgan fingerprint density at radius 3 is 2.77 bits per heavy atom. The molecule has 4 rings (SSSR count). The van der Waals surface area contributed by atoms with E-state index in [1.54, 1.807) is 28.4 Å². The molecule has 0 saturated heterocycles. The third-order valence-corrected chi connectivity index (χ3v) is 6.15. The van der Waals surface area contributed by atoms with E-state index >= 15 is 0 Å². The maximum absolute atomic E-state index is 13.7. The third-order valence-electron chi connectivity index (χ3n) is 4.93. The monoisotopic (exact) mass is 438 g/mol. The molecule has 0 atom stereocenters. The average molecular weight is 439 g/mol. The van der Waals surface area contributed by atoms with E-state index in [4.69, 9.17) is 11.6 Å². The number of hydrogen-bond donors (Lipinski definition) is 0. The lowest BCUT2D eigenvalue weighted by atomic mass is 10.2. The lowest BCUT2D eigenvalue weighted by Gasteiger charge is -2.23. The van der Waals surface area contributed by atoms with Gasteiger partial charge in [-0.15, -0.1) is 17.9 Å².